The van der Waals surface area contributed by atoms with Crippen LogP contribution in [0.25, 0.3) is 0 Å². The fourth-order valence-corrected chi connectivity index (χ4v) is 1.37. The number of nitrogen functional groups attached to an aromatic ring is 1. The molecule has 0 unspecified atom stereocenters. The lowest BCUT2D eigenvalue weighted by molar-refractivity contribution is 1.44. The molecule has 0 radical (unpaired) electrons. The summed E-state index contributed by atoms with van der Waals surface area (Å²) in [7, 11) is 0. The summed E-state index contributed by atoms with van der Waals surface area (Å²) < 4.78 is 0. The zero-order chi connectivity index (χ0) is 9.14. The monoisotopic (exact) mass is 180 g/mol. The van der Waals surface area contributed by atoms with Gasteiger partial charge in [0.15, 0.2) is 0 Å². The van der Waals surface area contributed by atoms with Gasteiger partial charge in [-0.25, -0.2) is 0 Å². The maximum atomic E-state index is 7.60. The van der Waals surface area contributed by atoms with Crippen molar-refractivity contribution >= 4 is 22.5 Å². The van der Waals surface area contributed by atoms with E-state index in [1.54, 1.807) is 0 Å². The van der Waals surface area contributed by atoms with Crippen molar-refractivity contribution in [3.63, 3.8) is 0 Å². The Morgan fingerprint density at radius 1 is 1.50 bits per heavy atom. The van der Waals surface area contributed by atoms with E-state index in [0.717, 1.165) is 11.1 Å². The molecule has 0 amide bonds. The second-order valence-corrected chi connectivity index (χ2v) is 3.44. The third kappa shape index (κ3) is 1.80. The van der Waals surface area contributed by atoms with Crippen LogP contribution in [0.3, 0.4) is 0 Å². The van der Waals surface area contributed by atoms with Crippen LogP contribution in [0, 0.1) is 12.3 Å². The number of thioether (sulfide) groups is 1. The van der Waals surface area contributed by atoms with Gasteiger partial charge >= 0.3 is 0 Å². The Kier molecular flexibility index (Phi) is 2.76. The second-order valence-electron chi connectivity index (χ2n) is 2.62. The molecule has 0 aliphatic carbocycles. The van der Waals surface area contributed by atoms with Gasteiger partial charge in [0.25, 0.3) is 0 Å². The Balaban J connectivity index is 3.13. The van der Waals surface area contributed by atoms with E-state index in [1.807, 2.05) is 31.4 Å². The van der Waals surface area contributed by atoms with Gasteiger partial charge < -0.3 is 5.73 Å². The third-order valence-electron chi connectivity index (χ3n) is 1.66. The Labute approximate surface area is 76.7 Å². The number of nitrogens with one attached hydrogen (secondary N) is 1. The Bertz CT molecular complexity index is 307. The number of rotatable bonds is 1. The van der Waals surface area contributed by atoms with Crippen molar-refractivity contribution in [2.75, 3.05) is 12.0 Å². The molecular formula is C9H12N2S. The number of hydrogen-bond acceptors (Lipinski definition) is 3. The van der Waals surface area contributed by atoms with Gasteiger partial charge in [-0.2, -0.15) is 0 Å². The third-order valence-corrected chi connectivity index (χ3v) is 2.29. The zero-order valence-electron chi connectivity index (χ0n) is 7.22. The summed E-state index contributed by atoms with van der Waals surface area (Å²) in [6.45, 7) is 2.00. The number of anilines is 1. The first-order chi connectivity index (χ1) is 5.65. The van der Waals surface area contributed by atoms with Gasteiger partial charge in [-0.3, -0.25) is 5.41 Å². The predicted octanol–water partition coefficient (Wildman–Crippen LogP) is 2.27. The molecule has 0 aromatic heterocycles. The van der Waals surface area contributed by atoms with E-state index in [0.29, 0.717) is 10.7 Å². The summed E-state index contributed by atoms with van der Waals surface area (Å²) in [5, 5.41) is 8.12. The van der Waals surface area contributed by atoms with Crippen LogP contribution in [0.15, 0.2) is 18.2 Å². The van der Waals surface area contributed by atoms with Crippen LogP contribution in [-0.4, -0.2) is 11.3 Å². The molecule has 0 aliphatic rings. The molecule has 0 saturated heterocycles. The quantitative estimate of drug-likeness (QED) is 0.395. The van der Waals surface area contributed by atoms with Gasteiger partial charge in [0.2, 0.25) is 0 Å². The first kappa shape index (κ1) is 9.13. The molecule has 3 N–H and O–H groups in total. The Morgan fingerprint density at radius 3 is 2.75 bits per heavy atom. The van der Waals surface area contributed by atoms with Crippen LogP contribution in [-0.2, 0) is 0 Å². The largest absolute Gasteiger partial charge is 0.398 e. The summed E-state index contributed by atoms with van der Waals surface area (Å²) in [4.78, 5) is 0. The molecule has 0 atom stereocenters. The highest BCUT2D eigenvalue weighted by atomic mass is 32.2. The molecule has 0 saturated carbocycles. The highest BCUT2D eigenvalue weighted by Gasteiger charge is 2.03. The van der Waals surface area contributed by atoms with E-state index >= 15 is 0 Å². The first-order valence-corrected chi connectivity index (χ1v) is 4.86. The number of aryl methyl sites for hydroxylation is 1. The van der Waals surface area contributed by atoms with Crippen LogP contribution >= 0.6 is 11.8 Å². The maximum Gasteiger partial charge on any atom is 0.0960 e. The average Bonchev–Trinajstić information content (AvgIpc) is 2.08. The van der Waals surface area contributed by atoms with E-state index in [4.69, 9.17) is 11.1 Å². The minimum absolute atomic E-state index is 0.524. The molecule has 0 aliphatic heterocycles. The molecule has 1 aromatic carbocycles. The van der Waals surface area contributed by atoms with Crippen molar-refractivity contribution in [2.24, 2.45) is 0 Å². The van der Waals surface area contributed by atoms with E-state index in [1.165, 1.54) is 11.8 Å². The minimum Gasteiger partial charge on any atom is -0.398 e. The summed E-state index contributed by atoms with van der Waals surface area (Å²) >= 11 is 1.40. The second kappa shape index (κ2) is 3.63. The van der Waals surface area contributed by atoms with Gasteiger partial charge in [0, 0.05) is 11.3 Å². The standard InChI is InChI=1S/C9H12N2S/c1-6-3-4-8(10)7(5-6)9(11)12-2/h3-5,11H,10H2,1-2H3. The Hall–Kier alpha value is -0.960. The van der Waals surface area contributed by atoms with Crippen molar-refractivity contribution in [3.05, 3.63) is 29.3 Å². The topological polar surface area (TPSA) is 49.9 Å². The van der Waals surface area contributed by atoms with Crippen LogP contribution in [0.1, 0.15) is 11.1 Å². The number of nitrogens with two attached hydrogens (primary N) is 1. The van der Waals surface area contributed by atoms with Gasteiger partial charge in [0.05, 0.1) is 5.04 Å². The van der Waals surface area contributed by atoms with Crippen molar-refractivity contribution in [1.82, 2.24) is 0 Å². The zero-order valence-corrected chi connectivity index (χ0v) is 8.03. The molecule has 3 heteroatoms. The first-order valence-electron chi connectivity index (χ1n) is 3.64. The van der Waals surface area contributed by atoms with Gasteiger partial charge in [-0.1, -0.05) is 11.6 Å². The summed E-state index contributed by atoms with van der Waals surface area (Å²) in [6.07, 6.45) is 1.88. The summed E-state index contributed by atoms with van der Waals surface area (Å²) in [6, 6.07) is 5.73. The summed E-state index contributed by atoms with van der Waals surface area (Å²) in [5.41, 5.74) is 8.36. The Morgan fingerprint density at radius 2 is 2.17 bits per heavy atom. The fourth-order valence-electron chi connectivity index (χ4n) is 0.977. The van der Waals surface area contributed by atoms with Crippen molar-refractivity contribution in [1.29, 1.82) is 5.41 Å². The van der Waals surface area contributed by atoms with Gasteiger partial charge in [-0.15, -0.1) is 11.8 Å². The molecule has 1 aromatic rings. The lowest BCUT2D eigenvalue weighted by atomic mass is 10.1. The van der Waals surface area contributed by atoms with Crippen molar-refractivity contribution in [3.8, 4) is 0 Å². The number of hydrogen-bond donors (Lipinski definition) is 2. The number of benzene rings is 1. The molecular weight excluding hydrogens is 168 g/mol. The molecule has 0 spiro atoms. The van der Waals surface area contributed by atoms with Crippen molar-refractivity contribution in [2.45, 2.75) is 6.92 Å². The van der Waals surface area contributed by atoms with E-state index in [9.17, 15) is 0 Å². The molecule has 12 heavy (non-hydrogen) atoms. The molecule has 0 heterocycles. The fraction of sp³-hybridized carbons (Fsp3) is 0.222. The highest BCUT2D eigenvalue weighted by Crippen LogP contribution is 2.18. The van der Waals surface area contributed by atoms with E-state index in [-0.39, 0.29) is 0 Å². The lowest BCUT2D eigenvalue weighted by Gasteiger charge is -2.05. The normalized spacial score (nSPS) is 9.83. The molecule has 0 bridgehead atoms. The smallest absolute Gasteiger partial charge is 0.0960 e. The molecule has 2 nitrogen and oxygen atoms in total. The molecule has 64 valence electrons. The van der Waals surface area contributed by atoms with Crippen LogP contribution in [0.2, 0.25) is 0 Å². The minimum atomic E-state index is 0.524. The van der Waals surface area contributed by atoms with E-state index in [2.05, 4.69) is 0 Å². The molecule has 1 rings (SSSR count). The van der Waals surface area contributed by atoms with Crippen LogP contribution in [0.4, 0.5) is 5.69 Å². The highest BCUT2D eigenvalue weighted by molar-refractivity contribution is 8.13. The summed E-state index contributed by atoms with van der Waals surface area (Å²) in [5.74, 6) is 0. The van der Waals surface area contributed by atoms with Crippen LogP contribution in [0.5, 0.6) is 0 Å². The SMILES string of the molecule is CSC(=N)c1cc(C)ccc1N. The van der Waals surface area contributed by atoms with Crippen molar-refractivity contribution < 1.29 is 0 Å². The predicted molar refractivity (Wildman–Crippen MR) is 55.9 cm³/mol. The van der Waals surface area contributed by atoms with Gasteiger partial charge in [-0.05, 0) is 25.3 Å². The maximum absolute atomic E-state index is 7.60. The average molecular weight is 180 g/mol. The molecule has 0 fully saturated rings. The lowest BCUT2D eigenvalue weighted by Crippen LogP contribution is -1.99. The van der Waals surface area contributed by atoms with E-state index < -0.39 is 0 Å². The van der Waals surface area contributed by atoms with Gasteiger partial charge in [0.1, 0.15) is 0 Å². The van der Waals surface area contributed by atoms with Crippen LogP contribution < -0.4 is 5.73 Å².